The number of para-hydroxylation sites is 2. The van der Waals surface area contributed by atoms with Gasteiger partial charge in [-0.05, 0) is 47.9 Å². The van der Waals surface area contributed by atoms with Gasteiger partial charge in [-0.1, -0.05) is 72.8 Å². The van der Waals surface area contributed by atoms with Gasteiger partial charge < -0.3 is 9.88 Å². The molecule has 1 N–H and O–H groups in total. The van der Waals surface area contributed by atoms with Crippen LogP contribution in [0.4, 0.5) is 11.4 Å². The summed E-state index contributed by atoms with van der Waals surface area (Å²) in [7, 11) is 0. The van der Waals surface area contributed by atoms with E-state index in [9.17, 15) is 0 Å². The average Bonchev–Trinajstić information content (AvgIpc) is 3.13. The lowest BCUT2D eigenvalue weighted by Crippen LogP contribution is -1.95. The molecule has 0 spiro atoms. The SMILES string of the molecule is c1ccc(Nc2ccc3c(c2)c2ccccc2n3-c2cccc3ccccc23)cc1. The Morgan fingerprint density at radius 2 is 1.17 bits per heavy atom. The Labute approximate surface area is 175 Å². The Morgan fingerprint density at radius 1 is 0.467 bits per heavy atom. The lowest BCUT2D eigenvalue weighted by Gasteiger charge is -2.12. The maximum absolute atomic E-state index is 3.53. The molecule has 0 aliphatic heterocycles. The molecule has 30 heavy (non-hydrogen) atoms. The van der Waals surface area contributed by atoms with Crippen molar-refractivity contribution in [1.29, 1.82) is 0 Å². The number of aromatic nitrogens is 1. The van der Waals surface area contributed by atoms with Crippen molar-refractivity contribution in [2.24, 2.45) is 0 Å². The molecule has 2 nitrogen and oxygen atoms in total. The van der Waals surface area contributed by atoms with Gasteiger partial charge in [0.05, 0.1) is 16.7 Å². The first-order valence-corrected chi connectivity index (χ1v) is 10.2. The lowest BCUT2D eigenvalue weighted by molar-refractivity contribution is 1.20. The maximum Gasteiger partial charge on any atom is 0.0542 e. The minimum Gasteiger partial charge on any atom is -0.356 e. The highest BCUT2D eigenvalue weighted by Gasteiger charge is 2.14. The molecule has 1 heterocycles. The van der Waals surface area contributed by atoms with Gasteiger partial charge in [0.2, 0.25) is 0 Å². The number of rotatable bonds is 3. The van der Waals surface area contributed by atoms with Crippen LogP contribution in [0.25, 0.3) is 38.3 Å². The Hall–Kier alpha value is -4.04. The normalized spacial score (nSPS) is 11.3. The van der Waals surface area contributed by atoms with E-state index in [4.69, 9.17) is 0 Å². The number of nitrogens with one attached hydrogen (secondary N) is 1. The second kappa shape index (κ2) is 6.78. The van der Waals surface area contributed by atoms with Crippen LogP contribution in [-0.4, -0.2) is 4.57 Å². The zero-order valence-corrected chi connectivity index (χ0v) is 16.4. The summed E-state index contributed by atoms with van der Waals surface area (Å²) in [6, 6.07) is 40.7. The Balaban J connectivity index is 1.62. The number of benzene rings is 5. The van der Waals surface area contributed by atoms with Crippen LogP contribution in [0.5, 0.6) is 0 Å². The van der Waals surface area contributed by atoms with Crippen molar-refractivity contribution in [1.82, 2.24) is 4.57 Å². The molecule has 0 saturated carbocycles. The van der Waals surface area contributed by atoms with E-state index in [0.717, 1.165) is 11.4 Å². The van der Waals surface area contributed by atoms with E-state index in [1.54, 1.807) is 0 Å². The summed E-state index contributed by atoms with van der Waals surface area (Å²) in [5.74, 6) is 0. The lowest BCUT2D eigenvalue weighted by atomic mass is 10.1. The summed E-state index contributed by atoms with van der Waals surface area (Å²) in [5.41, 5.74) is 5.83. The third-order valence-electron chi connectivity index (χ3n) is 5.74. The number of anilines is 2. The van der Waals surface area contributed by atoms with Gasteiger partial charge in [0.1, 0.15) is 0 Å². The zero-order chi connectivity index (χ0) is 19.9. The number of hydrogen-bond acceptors (Lipinski definition) is 1. The van der Waals surface area contributed by atoms with Gasteiger partial charge in [0.25, 0.3) is 0 Å². The van der Waals surface area contributed by atoms with Crippen LogP contribution in [0.2, 0.25) is 0 Å². The van der Waals surface area contributed by atoms with Crippen molar-refractivity contribution < 1.29 is 0 Å². The van der Waals surface area contributed by atoms with Gasteiger partial charge in [-0.15, -0.1) is 0 Å². The molecule has 0 fully saturated rings. The summed E-state index contributed by atoms with van der Waals surface area (Å²) in [6.07, 6.45) is 0. The average molecular weight is 384 g/mol. The molecule has 0 radical (unpaired) electrons. The molecule has 0 atom stereocenters. The maximum atomic E-state index is 3.53. The van der Waals surface area contributed by atoms with E-state index in [0.29, 0.717) is 0 Å². The molecule has 6 rings (SSSR count). The van der Waals surface area contributed by atoms with Gasteiger partial charge in [0, 0.05) is 27.5 Å². The van der Waals surface area contributed by atoms with Crippen LogP contribution in [0.1, 0.15) is 0 Å². The van der Waals surface area contributed by atoms with Gasteiger partial charge in [-0.3, -0.25) is 0 Å². The third-order valence-corrected chi connectivity index (χ3v) is 5.74. The van der Waals surface area contributed by atoms with Crippen molar-refractivity contribution in [3.05, 3.63) is 115 Å². The minimum atomic E-state index is 1.09. The van der Waals surface area contributed by atoms with Crippen LogP contribution >= 0.6 is 0 Å². The van der Waals surface area contributed by atoms with Crippen LogP contribution in [0.15, 0.2) is 115 Å². The quantitative estimate of drug-likeness (QED) is 0.331. The Kier molecular flexibility index (Phi) is 3.82. The van der Waals surface area contributed by atoms with Crippen LogP contribution in [-0.2, 0) is 0 Å². The monoisotopic (exact) mass is 384 g/mol. The van der Waals surface area contributed by atoms with E-state index in [1.807, 2.05) is 18.2 Å². The second-order valence-corrected chi connectivity index (χ2v) is 7.57. The highest BCUT2D eigenvalue weighted by molar-refractivity contribution is 6.11. The predicted octanol–water partition coefficient (Wildman–Crippen LogP) is 7.68. The first-order chi connectivity index (χ1) is 14.9. The van der Waals surface area contributed by atoms with Crippen LogP contribution in [0.3, 0.4) is 0 Å². The fraction of sp³-hybridized carbons (Fsp3) is 0. The minimum absolute atomic E-state index is 1.09. The summed E-state index contributed by atoms with van der Waals surface area (Å²) in [5, 5.41) is 8.55. The van der Waals surface area contributed by atoms with Gasteiger partial charge >= 0.3 is 0 Å². The fourth-order valence-electron chi connectivity index (χ4n) is 4.40. The molecule has 1 aromatic heterocycles. The number of fused-ring (bicyclic) bond motifs is 4. The van der Waals surface area contributed by atoms with Crippen molar-refractivity contribution >= 4 is 44.0 Å². The topological polar surface area (TPSA) is 17.0 Å². The fourth-order valence-corrected chi connectivity index (χ4v) is 4.40. The smallest absolute Gasteiger partial charge is 0.0542 e. The van der Waals surface area contributed by atoms with Gasteiger partial charge in [-0.2, -0.15) is 0 Å². The largest absolute Gasteiger partial charge is 0.356 e. The van der Waals surface area contributed by atoms with E-state index in [1.165, 1.54) is 38.3 Å². The molecule has 5 aromatic carbocycles. The molecule has 142 valence electrons. The summed E-state index contributed by atoms with van der Waals surface area (Å²) in [4.78, 5) is 0. The first-order valence-electron chi connectivity index (χ1n) is 10.2. The second-order valence-electron chi connectivity index (χ2n) is 7.57. The molecular weight excluding hydrogens is 364 g/mol. The number of nitrogens with zero attached hydrogens (tertiary/aromatic N) is 1. The Bertz CT molecular complexity index is 1500. The zero-order valence-electron chi connectivity index (χ0n) is 16.4. The molecule has 0 saturated heterocycles. The molecule has 2 heteroatoms. The summed E-state index contributed by atoms with van der Waals surface area (Å²) in [6.45, 7) is 0. The third kappa shape index (κ3) is 2.66. The summed E-state index contributed by atoms with van der Waals surface area (Å²) >= 11 is 0. The van der Waals surface area contributed by atoms with Crippen LogP contribution < -0.4 is 5.32 Å². The predicted molar refractivity (Wildman–Crippen MR) is 128 cm³/mol. The van der Waals surface area contributed by atoms with Crippen molar-refractivity contribution in [2.75, 3.05) is 5.32 Å². The van der Waals surface area contributed by atoms with Crippen molar-refractivity contribution in [3.63, 3.8) is 0 Å². The molecule has 0 amide bonds. The molecule has 6 aromatic rings. The van der Waals surface area contributed by atoms with Gasteiger partial charge in [-0.25, -0.2) is 0 Å². The van der Waals surface area contributed by atoms with Crippen molar-refractivity contribution in [3.8, 4) is 5.69 Å². The Morgan fingerprint density at radius 3 is 2.07 bits per heavy atom. The molecule has 0 unspecified atom stereocenters. The van der Waals surface area contributed by atoms with E-state index in [2.05, 4.69) is 107 Å². The number of hydrogen-bond donors (Lipinski definition) is 1. The van der Waals surface area contributed by atoms with E-state index >= 15 is 0 Å². The molecular formula is C28H20N2. The standard InChI is InChI=1S/C28H20N2/c1-2-11-21(12-3-1)29-22-17-18-28-25(19-22)24-14-6-7-15-27(24)30(28)26-16-8-10-20-9-4-5-13-23(20)26/h1-19,29H. The van der Waals surface area contributed by atoms with E-state index < -0.39 is 0 Å². The first kappa shape index (κ1) is 16.9. The highest BCUT2D eigenvalue weighted by Crippen LogP contribution is 2.36. The summed E-state index contributed by atoms with van der Waals surface area (Å²) < 4.78 is 2.39. The van der Waals surface area contributed by atoms with Crippen molar-refractivity contribution in [2.45, 2.75) is 0 Å². The van der Waals surface area contributed by atoms with E-state index in [-0.39, 0.29) is 0 Å². The molecule has 0 aliphatic rings. The van der Waals surface area contributed by atoms with Gasteiger partial charge in [0.15, 0.2) is 0 Å². The molecule has 0 bridgehead atoms. The molecule has 0 aliphatic carbocycles. The highest BCUT2D eigenvalue weighted by atomic mass is 15.0. The van der Waals surface area contributed by atoms with Crippen LogP contribution in [0, 0.1) is 0 Å².